The monoisotopic (exact) mass is 429 g/mol. The smallest absolute Gasteiger partial charge is 0.337 e. The summed E-state index contributed by atoms with van der Waals surface area (Å²) in [6.45, 7) is 0. The highest BCUT2D eigenvalue weighted by Crippen LogP contribution is 2.29. The van der Waals surface area contributed by atoms with E-state index in [2.05, 4.69) is 27.9 Å². The fourth-order valence-corrected chi connectivity index (χ4v) is 3.12. The molecule has 3 aromatic carbocycles. The number of halogens is 1. The van der Waals surface area contributed by atoms with E-state index < -0.39 is 5.97 Å². The van der Waals surface area contributed by atoms with E-state index in [0.29, 0.717) is 5.69 Å². The topological polar surface area (TPSA) is 49.3 Å². The van der Waals surface area contributed by atoms with Gasteiger partial charge in [0.2, 0.25) is 0 Å². The molecule has 0 heterocycles. The van der Waals surface area contributed by atoms with Crippen LogP contribution in [-0.2, 0) is 0 Å². The van der Waals surface area contributed by atoms with Gasteiger partial charge in [-0.15, -0.1) is 0 Å². The van der Waals surface area contributed by atoms with Gasteiger partial charge < -0.3 is 10.4 Å². The van der Waals surface area contributed by atoms with E-state index in [1.807, 2.05) is 72.8 Å². The lowest BCUT2D eigenvalue weighted by molar-refractivity contribution is 0.0698. The third kappa shape index (κ3) is 3.76. The normalized spacial score (nSPS) is 10.6. The molecule has 2 N–H and O–H groups in total. The van der Waals surface area contributed by atoms with Crippen LogP contribution in [0.3, 0.4) is 0 Å². The second-order valence-electron chi connectivity index (χ2n) is 5.39. The molecule has 0 saturated carbocycles. The molecule has 3 aromatic rings. The van der Waals surface area contributed by atoms with Crippen LogP contribution in [0.25, 0.3) is 0 Å². The summed E-state index contributed by atoms with van der Waals surface area (Å²) in [4.78, 5) is 11.6. The molecule has 0 fully saturated rings. The van der Waals surface area contributed by atoms with Crippen LogP contribution in [0, 0.1) is 3.57 Å². The Morgan fingerprint density at radius 1 is 0.875 bits per heavy atom. The summed E-state index contributed by atoms with van der Waals surface area (Å²) in [5.41, 5.74) is 3.05. The number of rotatable bonds is 5. The maximum Gasteiger partial charge on any atom is 0.337 e. The minimum atomic E-state index is -0.934. The molecule has 0 aliphatic heterocycles. The third-order valence-electron chi connectivity index (χ3n) is 3.78. The van der Waals surface area contributed by atoms with Gasteiger partial charge in [0.1, 0.15) is 0 Å². The van der Waals surface area contributed by atoms with E-state index >= 15 is 0 Å². The van der Waals surface area contributed by atoms with E-state index in [9.17, 15) is 9.90 Å². The van der Waals surface area contributed by atoms with Crippen LogP contribution in [0.15, 0.2) is 78.9 Å². The molecule has 0 aliphatic carbocycles. The number of benzene rings is 3. The van der Waals surface area contributed by atoms with Gasteiger partial charge in [0, 0.05) is 9.26 Å². The number of aromatic carboxylic acids is 1. The van der Waals surface area contributed by atoms with Crippen LogP contribution in [0.4, 0.5) is 5.69 Å². The molecule has 3 rings (SSSR count). The lowest BCUT2D eigenvalue weighted by Crippen LogP contribution is -2.15. The Bertz CT molecular complexity index is 795. The van der Waals surface area contributed by atoms with Gasteiger partial charge in [0.25, 0.3) is 0 Å². The molecule has 3 nitrogen and oxygen atoms in total. The molecule has 0 amide bonds. The minimum absolute atomic E-state index is 0.120. The molecule has 0 radical (unpaired) electrons. The van der Waals surface area contributed by atoms with Gasteiger partial charge >= 0.3 is 5.97 Å². The Morgan fingerprint density at radius 2 is 1.42 bits per heavy atom. The van der Waals surface area contributed by atoms with Crippen LogP contribution in [0.5, 0.6) is 0 Å². The maximum absolute atomic E-state index is 11.6. The van der Waals surface area contributed by atoms with Crippen molar-refractivity contribution < 1.29 is 9.90 Å². The number of carboxylic acid groups (broad SMARTS) is 1. The van der Waals surface area contributed by atoms with E-state index in [0.717, 1.165) is 14.7 Å². The van der Waals surface area contributed by atoms with Crippen LogP contribution in [-0.4, -0.2) is 11.1 Å². The van der Waals surface area contributed by atoms with Crippen molar-refractivity contribution in [1.82, 2.24) is 0 Å². The molecular weight excluding hydrogens is 413 g/mol. The first-order valence-electron chi connectivity index (χ1n) is 7.54. The number of hydrogen-bond acceptors (Lipinski definition) is 2. The predicted molar refractivity (Wildman–Crippen MR) is 104 cm³/mol. The molecule has 24 heavy (non-hydrogen) atoms. The Morgan fingerprint density at radius 3 is 1.92 bits per heavy atom. The number of carbonyl (C=O) groups is 1. The van der Waals surface area contributed by atoms with Gasteiger partial charge in [-0.1, -0.05) is 60.7 Å². The Labute approximate surface area is 154 Å². The predicted octanol–water partition coefficient (Wildman–Crippen LogP) is 5.19. The van der Waals surface area contributed by atoms with E-state index in [1.165, 1.54) is 0 Å². The fraction of sp³-hybridized carbons (Fsp3) is 0.0500. The number of anilines is 1. The summed E-state index contributed by atoms with van der Waals surface area (Å²) in [6.07, 6.45) is 0. The van der Waals surface area contributed by atoms with Crippen LogP contribution < -0.4 is 5.32 Å². The van der Waals surface area contributed by atoms with Crippen molar-refractivity contribution in [3.05, 3.63) is 99.1 Å². The van der Waals surface area contributed by atoms with E-state index in [-0.39, 0.29) is 11.6 Å². The molecule has 0 atom stereocenters. The number of hydrogen-bond donors (Lipinski definition) is 2. The SMILES string of the molecule is O=C(O)c1cc(I)ccc1NC(c1ccccc1)c1ccccc1. The fourth-order valence-electron chi connectivity index (χ4n) is 2.62. The summed E-state index contributed by atoms with van der Waals surface area (Å²) in [5, 5.41) is 12.9. The van der Waals surface area contributed by atoms with Gasteiger partial charge in [-0.3, -0.25) is 0 Å². The maximum atomic E-state index is 11.6. The van der Waals surface area contributed by atoms with Gasteiger partial charge in [-0.2, -0.15) is 0 Å². The van der Waals surface area contributed by atoms with Gasteiger partial charge in [-0.05, 0) is 51.9 Å². The van der Waals surface area contributed by atoms with E-state index in [1.54, 1.807) is 6.07 Å². The quantitative estimate of drug-likeness (QED) is 0.549. The highest BCUT2D eigenvalue weighted by molar-refractivity contribution is 14.1. The zero-order chi connectivity index (χ0) is 16.9. The van der Waals surface area contributed by atoms with Crippen molar-refractivity contribution in [2.24, 2.45) is 0 Å². The summed E-state index contributed by atoms with van der Waals surface area (Å²) >= 11 is 2.12. The van der Waals surface area contributed by atoms with Gasteiger partial charge in [-0.25, -0.2) is 4.79 Å². The second-order valence-corrected chi connectivity index (χ2v) is 6.64. The van der Waals surface area contributed by atoms with Crippen molar-refractivity contribution in [1.29, 1.82) is 0 Å². The zero-order valence-electron chi connectivity index (χ0n) is 12.8. The molecule has 0 aromatic heterocycles. The first-order chi connectivity index (χ1) is 11.6. The molecule has 0 aliphatic rings. The van der Waals surface area contributed by atoms with Crippen LogP contribution in [0.2, 0.25) is 0 Å². The molecular formula is C20H16INO2. The minimum Gasteiger partial charge on any atom is -0.478 e. The summed E-state index contributed by atoms with van der Waals surface area (Å²) in [5.74, 6) is -0.934. The third-order valence-corrected chi connectivity index (χ3v) is 4.45. The van der Waals surface area contributed by atoms with Crippen molar-refractivity contribution in [3.63, 3.8) is 0 Å². The summed E-state index contributed by atoms with van der Waals surface area (Å²) in [7, 11) is 0. The highest BCUT2D eigenvalue weighted by Gasteiger charge is 2.17. The standard InChI is InChI=1S/C20H16INO2/c21-16-11-12-18(17(13-16)20(23)24)22-19(14-7-3-1-4-8-14)15-9-5-2-6-10-15/h1-13,19,22H,(H,23,24). The molecule has 0 unspecified atom stereocenters. The molecule has 120 valence electrons. The van der Waals surface area contributed by atoms with Crippen molar-refractivity contribution in [2.75, 3.05) is 5.32 Å². The number of nitrogens with one attached hydrogen (secondary N) is 1. The molecule has 4 heteroatoms. The zero-order valence-corrected chi connectivity index (χ0v) is 15.0. The number of carboxylic acids is 1. The summed E-state index contributed by atoms with van der Waals surface area (Å²) in [6, 6.07) is 25.3. The van der Waals surface area contributed by atoms with Crippen molar-refractivity contribution >= 4 is 34.2 Å². The lowest BCUT2D eigenvalue weighted by Gasteiger charge is -2.22. The molecule has 0 bridgehead atoms. The second kappa shape index (κ2) is 7.49. The summed E-state index contributed by atoms with van der Waals surface area (Å²) < 4.78 is 0.895. The van der Waals surface area contributed by atoms with Gasteiger partial charge in [0.05, 0.1) is 11.6 Å². The van der Waals surface area contributed by atoms with Crippen LogP contribution in [0.1, 0.15) is 27.5 Å². The Hall–Kier alpha value is -2.34. The van der Waals surface area contributed by atoms with E-state index in [4.69, 9.17) is 0 Å². The average molecular weight is 429 g/mol. The average Bonchev–Trinajstić information content (AvgIpc) is 2.62. The first-order valence-corrected chi connectivity index (χ1v) is 8.62. The molecule has 0 saturated heterocycles. The van der Waals surface area contributed by atoms with Gasteiger partial charge in [0.15, 0.2) is 0 Å². The largest absolute Gasteiger partial charge is 0.478 e. The lowest BCUT2D eigenvalue weighted by atomic mass is 9.98. The first kappa shape index (κ1) is 16.5. The highest BCUT2D eigenvalue weighted by atomic mass is 127. The van der Waals surface area contributed by atoms with Crippen LogP contribution >= 0.6 is 22.6 Å². The Kier molecular flexibility index (Phi) is 5.15. The Balaban J connectivity index is 2.04. The van der Waals surface area contributed by atoms with Crippen molar-refractivity contribution in [2.45, 2.75) is 6.04 Å². The molecule has 0 spiro atoms. The van der Waals surface area contributed by atoms with Crippen molar-refractivity contribution in [3.8, 4) is 0 Å².